The van der Waals surface area contributed by atoms with Crippen molar-refractivity contribution in [3.63, 3.8) is 0 Å². The maximum absolute atomic E-state index is 12.4. The highest BCUT2D eigenvalue weighted by Crippen LogP contribution is 2.59. The Morgan fingerprint density at radius 3 is 2.16 bits per heavy atom. The van der Waals surface area contributed by atoms with Crippen LogP contribution in [0.4, 0.5) is 0 Å². The van der Waals surface area contributed by atoms with Crippen molar-refractivity contribution in [3.05, 3.63) is 0 Å². The van der Waals surface area contributed by atoms with Gasteiger partial charge < -0.3 is 15.1 Å². The molecule has 1 amide bonds. The molecule has 108 valence electrons. The van der Waals surface area contributed by atoms with Gasteiger partial charge in [-0.2, -0.15) is 0 Å². The molecule has 0 bridgehead atoms. The Balaban J connectivity index is 1.91. The van der Waals surface area contributed by atoms with Crippen molar-refractivity contribution in [2.24, 2.45) is 17.3 Å². The summed E-state index contributed by atoms with van der Waals surface area (Å²) in [6, 6.07) is 0. The minimum absolute atomic E-state index is 0.0268. The monoisotopic (exact) mass is 270 g/mol. The number of hydrogen-bond acceptors (Lipinski definition) is 4. The first-order valence-corrected chi connectivity index (χ1v) is 6.74. The standard InChI is InChI=1S/C13H22N2O4/c1-13(2)9(10(13)12(18)19)11(17)15-5-3-14(4-6-15)7-8-16/h9-10,16H,3-8H2,1-2H3,(H,18,19). The molecule has 1 aliphatic heterocycles. The largest absolute Gasteiger partial charge is 0.481 e. The lowest BCUT2D eigenvalue weighted by Gasteiger charge is -2.34. The van der Waals surface area contributed by atoms with Crippen LogP contribution in [0.3, 0.4) is 0 Å². The second-order valence-corrected chi connectivity index (χ2v) is 6.01. The van der Waals surface area contributed by atoms with E-state index >= 15 is 0 Å². The van der Waals surface area contributed by atoms with Crippen molar-refractivity contribution >= 4 is 11.9 Å². The van der Waals surface area contributed by atoms with Crippen LogP contribution in [-0.2, 0) is 9.59 Å². The van der Waals surface area contributed by atoms with E-state index in [1.54, 1.807) is 4.90 Å². The second kappa shape index (κ2) is 5.09. The Morgan fingerprint density at radius 1 is 1.16 bits per heavy atom. The van der Waals surface area contributed by atoms with Crippen LogP contribution in [0.1, 0.15) is 13.8 Å². The van der Waals surface area contributed by atoms with Crippen molar-refractivity contribution in [2.75, 3.05) is 39.3 Å². The summed E-state index contributed by atoms with van der Waals surface area (Å²) in [7, 11) is 0. The molecule has 6 nitrogen and oxygen atoms in total. The molecule has 1 saturated carbocycles. The summed E-state index contributed by atoms with van der Waals surface area (Å²) >= 11 is 0. The molecule has 0 spiro atoms. The van der Waals surface area contributed by atoms with Crippen LogP contribution in [0, 0.1) is 17.3 Å². The normalized spacial score (nSPS) is 30.2. The van der Waals surface area contributed by atoms with Crippen LogP contribution in [0.2, 0.25) is 0 Å². The molecule has 1 saturated heterocycles. The van der Waals surface area contributed by atoms with E-state index in [9.17, 15) is 9.59 Å². The van der Waals surface area contributed by atoms with E-state index in [1.165, 1.54) is 0 Å². The van der Waals surface area contributed by atoms with Crippen molar-refractivity contribution in [1.29, 1.82) is 0 Å². The van der Waals surface area contributed by atoms with Gasteiger partial charge in [-0.1, -0.05) is 13.8 Å². The third kappa shape index (κ3) is 2.60. The summed E-state index contributed by atoms with van der Waals surface area (Å²) in [6.07, 6.45) is 0. The number of amides is 1. The van der Waals surface area contributed by atoms with E-state index in [0.717, 1.165) is 13.1 Å². The van der Waals surface area contributed by atoms with Gasteiger partial charge in [0.05, 0.1) is 18.4 Å². The molecule has 2 aliphatic rings. The molecule has 2 fully saturated rings. The van der Waals surface area contributed by atoms with Crippen molar-refractivity contribution < 1.29 is 19.8 Å². The number of β-amino-alcohol motifs (C(OH)–C–C–N with tert-alkyl or cyclic N) is 1. The molecule has 2 N–H and O–H groups in total. The van der Waals surface area contributed by atoms with Crippen LogP contribution in [0.15, 0.2) is 0 Å². The first-order valence-electron chi connectivity index (χ1n) is 6.74. The Labute approximate surface area is 113 Å². The van der Waals surface area contributed by atoms with E-state index in [-0.39, 0.29) is 18.4 Å². The maximum atomic E-state index is 12.4. The number of nitrogens with zero attached hydrogens (tertiary/aromatic N) is 2. The van der Waals surface area contributed by atoms with E-state index < -0.39 is 17.3 Å². The van der Waals surface area contributed by atoms with Crippen molar-refractivity contribution in [2.45, 2.75) is 13.8 Å². The smallest absolute Gasteiger partial charge is 0.307 e. The van der Waals surface area contributed by atoms with E-state index in [2.05, 4.69) is 4.90 Å². The Bertz CT molecular complexity index is 375. The van der Waals surface area contributed by atoms with Gasteiger partial charge in [-0.15, -0.1) is 0 Å². The maximum Gasteiger partial charge on any atom is 0.307 e. The lowest BCUT2D eigenvalue weighted by atomic mass is 10.1. The van der Waals surface area contributed by atoms with E-state index in [0.29, 0.717) is 19.6 Å². The minimum atomic E-state index is -0.873. The van der Waals surface area contributed by atoms with E-state index in [1.807, 2.05) is 13.8 Å². The van der Waals surface area contributed by atoms with Crippen molar-refractivity contribution in [3.8, 4) is 0 Å². The zero-order valence-corrected chi connectivity index (χ0v) is 11.5. The zero-order valence-electron chi connectivity index (χ0n) is 11.5. The van der Waals surface area contributed by atoms with E-state index in [4.69, 9.17) is 10.2 Å². The average Bonchev–Trinajstić information content (AvgIpc) is 2.93. The number of aliphatic hydroxyl groups excluding tert-OH is 1. The SMILES string of the molecule is CC1(C)C(C(=O)O)C1C(=O)N1CCN(CCO)CC1. The Kier molecular flexibility index (Phi) is 3.82. The molecular formula is C13H22N2O4. The quantitative estimate of drug-likeness (QED) is 0.718. The number of piperazine rings is 1. The van der Waals surface area contributed by atoms with Crippen LogP contribution in [-0.4, -0.2) is 71.2 Å². The average molecular weight is 270 g/mol. The second-order valence-electron chi connectivity index (χ2n) is 6.01. The van der Waals surface area contributed by atoms with Gasteiger partial charge in [0.2, 0.25) is 5.91 Å². The highest BCUT2D eigenvalue weighted by molar-refractivity contribution is 5.91. The molecule has 2 atom stereocenters. The first kappa shape index (κ1) is 14.3. The topological polar surface area (TPSA) is 81.1 Å². The number of carboxylic acids is 1. The number of carbonyl (C=O) groups excluding carboxylic acids is 1. The molecule has 0 aromatic carbocycles. The van der Waals surface area contributed by atoms with Crippen LogP contribution >= 0.6 is 0 Å². The third-order valence-electron chi connectivity index (χ3n) is 4.46. The summed E-state index contributed by atoms with van der Waals surface area (Å²) in [4.78, 5) is 27.3. The van der Waals surface area contributed by atoms with Crippen LogP contribution < -0.4 is 0 Å². The van der Waals surface area contributed by atoms with Gasteiger partial charge in [0.1, 0.15) is 0 Å². The molecule has 0 radical (unpaired) electrons. The fraction of sp³-hybridized carbons (Fsp3) is 0.846. The molecule has 6 heteroatoms. The molecular weight excluding hydrogens is 248 g/mol. The number of rotatable bonds is 4. The highest BCUT2D eigenvalue weighted by Gasteiger charge is 2.66. The molecule has 1 heterocycles. The Hall–Kier alpha value is -1.14. The number of aliphatic carboxylic acids is 1. The number of carbonyl (C=O) groups is 2. The molecule has 0 aromatic heterocycles. The van der Waals surface area contributed by atoms with Gasteiger partial charge in [-0.05, 0) is 5.41 Å². The van der Waals surface area contributed by atoms with Gasteiger partial charge in [-0.25, -0.2) is 0 Å². The summed E-state index contributed by atoms with van der Waals surface area (Å²) < 4.78 is 0. The fourth-order valence-corrected chi connectivity index (χ4v) is 3.09. The summed E-state index contributed by atoms with van der Waals surface area (Å²) in [5.74, 6) is -1.83. The predicted molar refractivity (Wildman–Crippen MR) is 68.5 cm³/mol. The van der Waals surface area contributed by atoms with Gasteiger partial charge >= 0.3 is 5.97 Å². The highest BCUT2D eigenvalue weighted by atomic mass is 16.4. The minimum Gasteiger partial charge on any atom is -0.481 e. The number of aliphatic hydroxyl groups is 1. The molecule has 2 unspecified atom stereocenters. The molecule has 19 heavy (non-hydrogen) atoms. The zero-order chi connectivity index (χ0) is 14.2. The van der Waals surface area contributed by atoms with Crippen molar-refractivity contribution in [1.82, 2.24) is 9.80 Å². The summed E-state index contributed by atoms with van der Waals surface area (Å²) in [5, 5.41) is 18.0. The van der Waals surface area contributed by atoms with Gasteiger partial charge in [0.25, 0.3) is 0 Å². The number of hydrogen-bond donors (Lipinski definition) is 2. The third-order valence-corrected chi connectivity index (χ3v) is 4.46. The van der Waals surface area contributed by atoms with Crippen LogP contribution in [0.25, 0.3) is 0 Å². The first-order chi connectivity index (χ1) is 8.89. The lowest BCUT2D eigenvalue weighted by molar-refractivity contribution is -0.142. The summed E-state index contributed by atoms with van der Waals surface area (Å²) in [6.45, 7) is 7.19. The number of carboxylic acid groups (broad SMARTS) is 1. The Morgan fingerprint density at radius 2 is 1.74 bits per heavy atom. The molecule has 2 rings (SSSR count). The fourth-order valence-electron chi connectivity index (χ4n) is 3.09. The molecule has 0 aromatic rings. The summed E-state index contributed by atoms with van der Waals surface area (Å²) in [5.41, 5.74) is -0.425. The van der Waals surface area contributed by atoms with Gasteiger partial charge in [0.15, 0.2) is 0 Å². The van der Waals surface area contributed by atoms with Crippen LogP contribution in [0.5, 0.6) is 0 Å². The predicted octanol–water partition coefficient (Wildman–Crippen LogP) is -0.520. The van der Waals surface area contributed by atoms with Gasteiger partial charge in [0, 0.05) is 32.7 Å². The van der Waals surface area contributed by atoms with Gasteiger partial charge in [-0.3, -0.25) is 14.5 Å². The lowest BCUT2D eigenvalue weighted by Crippen LogP contribution is -2.50. The molecule has 1 aliphatic carbocycles.